The van der Waals surface area contributed by atoms with Crippen molar-refractivity contribution in [2.24, 2.45) is 0 Å². The van der Waals surface area contributed by atoms with E-state index in [1.165, 1.54) is 12.0 Å². The Morgan fingerprint density at radius 2 is 2.06 bits per heavy atom. The quantitative estimate of drug-likeness (QED) is 0.741. The molecule has 0 N–H and O–H groups in total. The van der Waals surface area contributed by atoms with Gasteiger partial charge in [-0.15, -0.1) is 0 Å². The Balaban J connectivity index is 0.00000121. The second-order valence-electron chi connectivity index (χ2n) is 3.23. The number of carbonyl (C=O) groups excluding carboxylic acids is 1. The van der Waals surface area contributed by atoms with Crippen LogP contribution in [0, 0.1) is 0 Å². The number of nitrogens with zero attached hydrogens (tertiary/aromatic N) is 1. The first-order valence-corrected chi connectivity index (χ1v) is 5.62. The van der Waals surface area contributed by atoms with Gasteiger partial charge in [-0.05, 0) is 12.5 Å². The minimum absolute atomic E-state index is 0.224. The number of hydrogen-bond donors (Lipinski definition) is 0. The molecule has 1 rings (SSSR count). The van der Waals surface area contributed by atoms with Crippen LogP contribution >= 0.6 is 0 Å². The summed E-state index contributed by atoms with van der Waals surface area (Å²) in [7, 11) is 1.31. The standard InChI is InChI=1S/C11H14FNO2.C2H6/c1-4-5-9-6-13(11(14)15-3)7-10(9)8(2)12;1-2/h4-5H,2,6-7H2,1,3H3;1-2H3/b5-4-;. The minimum Gasteiger partial charge on any atom is -0.453 e. The smallest absolute Gasteiger partial charge is 0.410 e. The van der Waals surface area contributed by atoms with Crippen molar-refractivity contribution < 1.29 is 13.9 Å². The lowest BCUT2D eigenvalue weighted by Crippen LogP contribution is -2.29. The van der Waals surface area contributed by atoms with E-state index in [0.29, 0.717) is 12.1 Å². The van der Waals surface area contributed by atoms with Crippen LogP contribution in [0.4, 0.5) is 9.18 Å². The maximum atomic E-state index is 13.1. The molecule has 0 fully saturated rings. The number of methoxy groups -OCH3 is 1. The van der Waals surface area contributed by atoms with E-state index in [4.69, 9.17) is 0 Å². The first kappa shape index (κ1) is 15.4. The van der Waals surface area contributed by atoms with Crippen molar-refractivity contribution in [2.75, 3.05) is 20.2 Å². The van der Waals surface area contributed by atoms with E-state index >= 15 is 0 Å². The zero-order valence-electron chi connectivity index (χ0n) is 10.9. The number of ether oxygens (including phenoxy) is 1. The zero-order valence-corrected chi connectivity index (χ0v) is 10.9. The molecule has 96 valence electrons. The molecule has 0 aromatic carbocycles. The first-order chi connectivity index (χ1) is 8.10. The van der Waals surface area contributed by atoms with E-state index in [-0.39, 0.29) is 6.54 Å². The van der Waals surface area contributed by atoms with Crippen LogP contribution in [0.2, 0.25) is 0 Å². The molecule has 0 saturated heterocycles. The summed E-state index contributed by atoms with van der Waals surface area (Å²) in [6.45, 7) is 9.69. The fourth-order valence-corrected chi connectivity index (χ4v) is 1.52. The Hall–Kier alpha value is -1.58. The van der Waals surface area contributed by atoms with Gasteiger partial charge in [0.25, 0.3) is 0 Å². The Kier molecular flexibility index (Phi) is 6.94. The van der Waals surface area contributed by atoms with Gasteiger partial charge in [0.15, 0.2) is 0 Å². The number of hydrogen-bond acceptors (Lipinski definition) is 2. The molecular formula is C13H20FNO2. The highest BCUT2D eigenvalue weighted by atomic mass is 19.1. The van der Waals surface area contributed by atoms with Gasteiger partial charge in [-0.1, -0.05) is 32.6 Å². The Morgan fingerprint density at radius 3 is 2.47 bits per heavy atom. The molecule has 4 heteroatoms. The second kappa shape index (κ2) is 7.65. The predicted octanol–water partition coefficient (Wildman–Crippen LogP) is 3.45. The summed E-state index contributed by atoms with van der Waals surface area (Å²) >= 11 is 0. The van der Waals surface area contributed by atoms with Crippen molar-refractivity contribution in [3.8, 4) is 0 Å². The molecule has 1 aliphatic heterocycles. The number of rotatable bonds is 2. The van der Waals surface area contributed by atoms with Gasteiger partial charge in [-0.3, -0.25) is 4.90 Å². The average Bonchev–Trinajstić information content (AvgIpc) is 2.75. The van der Waals surface area contributed by atoms with E-state index in [1.807, 2.05) is 20.8 Å². The molecule has 0 aromatic rings. The maximum absolute atomic E-state index is 13.1. The SMILES string of the molecule is C=C(F)C1=C(/C=C\C)CN(C(=O)OC)C1.CC. The summed E-state index contributed by atoms with van der Waals surface area (Å²) < 4.78 is 17.6. The van der Waals surface area contributed by atoms with Crippen LogP contribution in [0.5, 0.6) is 0 Å². The summed E-state index contributed by atoms with van der Waals surface area (Å²) in [5.74, 6) is -0.491. The molecule has 1 aliphatic rings. The zero-order chi connectivity index (χ0) is 13.4. The van der Waals surface area contributed by atoms with Gasteiger partial charge in [-0.2, -0.15) is 0 Å². The van der Waals surface area contributed by atoms with Gasteiger partial charge >= 0.3 is 6.09 Å². The van der Waals surface area contributed by atoms with Gasteiger partial charge in [-0.25, -0.2) is 9.18 Å². The average molecular weight is 241 g/mol. The lowest BCUT2D eigenvalue weighted by atomic mass is 10.1. The van der Waals surface area contributed by atoms with Gasteiger partial charge in [0.2, 0.25) is 0 Å². The topological polar surface area (TPSA) is 29.5 Å². The van der Waals surface area contributed by atoms with Crippen molar-refractivity contribution in [3.05, 3.63) is 35.7 Å². The molecule has 0 unspecified atom stereocenters. The molecule has 0 saturated carbocycles. The molecule has 0 aliphatic carbocycles. The summed E-state index contributed by atoms with van der Waals surface area (Å²) in [6.07, 6.45) is 3.13. The summed E-state index contributed by atoms with van der Waals surface area (Å²) in [6, 6.07) is 0. The summed E-state index contributed by atoms with van der Waals surface area (Å²) in [5.41, 5.74) is 1.24. The van der Waals surface area contributed by atoms with Crippen LogP contribution in [0.1, 0.15) is 20.8 Å². The third-order valence-electron chi connectivity index (χ3n) is 2.23. The lowest BCUT2D eigenvalue weighted by Gasteiger charge is -2.13. The third kappa shape index (κ3) is 4.06. The normalized spacial score (nSPS) is 14.8. The van der Waals surface area contributed by atoms with E-state index in [2.05, 4.69) is 11.3 Å². The summed E-state index contributed by atoms with van der Waals surface area (Å²) in [5, 5.41) is 0. The molecular weight excluding hydrogens is 221 g/mol. The molecule has 0 bridgehead atoms. The van der Waals surface area contributed by atoms with E-state index < -0.39 is 11.9 Å². The maximum Gasteiger partial charge on any atom is 0.410 e. The highest BCUT2D eigenvalue weighted by molar-refractivity contribution is 5.70. The number of amides is 1. The molecule has 1 heterocycles. The van der Waals surface area contributed by atoms with Crippen molar-refractivity contribution >= 4 is 6.09 Å². The molecule has 1 amide bonds. The van der Waals surface area contributed by atoms with Gasteiger partial charge in [0.1, 0.15) is 5.83 Å². The second-order valence-corrected chi connectivity index (χ2v) is 3.23. The van der Waals surface area contributed by atoms with Crippen molar-refractivity contribution in [1.29, 1.82) is 0 Å². The molecule has 17 heavy (non-hydrogen) atoms. The number of carbonyl (C=O) groups is 1. The number of halogens is 1. The molecule has 0 aromatic heterocycles. The fraction of sp³-hybridized carbons (Fsp3) is 0.462. The predicted molar refractivity (Wildman–Crippen MR) is 67.4 cm³/mol. The van der Waals surface area contributed by atoms with E-state index in [9.17, 15) is 9.18 Å². The van der Waals surface area contributed by atoms with Crippen LogP contribution in [-0.2, 0) is 4.74 Å². The Labute approximate surface area is 102 Å². The summed E-state index contributed by atoms with van der Waals surface area (Å²) in [4.78, 5) is 12.7. The minimum atomic E-state index is -0.491. The molecule has 0 spiro atoms. The van der Waals surface area contributed by atoms with Gasteiger partial charge < -0.3 is 4.74 Å². The third-order valence-corrected chi connectivity index (χ3v) is 2.23. The monoisotopic (exact) mass is 241 g/mol. The highest BCUT2D eigenvalue weighted by Gasteiger charge is 2.26. The lowest BCUT2D eigenvalue weighted by molar-refractivity contribution is 0.134. The van der Waals surface area contributed by atoms with Crippen LogP contribution < -0.4 is 0 Å². The van der Waals surface area contributed by atoms with E-state index in [0.717, 1.165) is 5.57 Å². The van der Waals surface area contributed by atoms with Crippen molar-refractivity contribution in [1.82, 2.24) is 4.90 Å². The van der Waals surface area contributed by atoms with Gasteiger partial charge in [0, 0.05) is 12.1 Å². The Bertz CT molecular complexity index is 345. The Morgan fingerprint density at radius 1 is 1.47 bits per heavy atom. The molecule has 0 radical (unpaired) electrons. The van der Waals surface area contributed by atoms with Gasteiger partial charge in [0.05, 0.1) is 13.7 Å². The van der Waals surface area contributed by atoms with Crippen molar-refractivity contribution in [3.63, 3.8) is 0 Å². The molecule has 3 nitrogen and oxygen atoms in total. The van der Waals surface area contributed by atoms with Crippen LogP contribution in [0.25, 0.3) is 0 Å². The molecule has 0 atom stereocenters. The van der Waals surface area contributed by atoms with E-state index in [1.54, 1.807) is 12.2 Å². The largest absolute Gasteiger partial charge is 0.453 e. The van der Waals surface area contributed by atoms with Crippen LogP contribution in [0.3, 0.4) is 0 Å². The number of allylic oxidation sites excluding steroid dienone is 1. The highest BCUT2D eigenvalue weighted by Crippen LogP contribution is 2.25. The first-order valence-electron chi connectivity index (χ1n) is 5.62. The van der Waals surface area contributed by atoms with Crippen LogP contribution in [0.15, 0.2) is 35.7 Å². The van der Waals surface area contributed by atoms with Crippen LogP contribution in [-0.4, -0.2) is 31.2 Å². The fourth-order valence-electron chi connectivity index (χ4n) is 1.52. The van der Waals surface area contributed by atoms with Crippen molar-refractivity contribution in [2.45, 2.75) is 20.8 Å².